The van der Waals surface area contributed by atoms with Gasteiger partial charge in [0.05, 0.1) is 11.7 Å². The predicted octanol–water partition coefficient (Wildman–Crippen LogP) is 2.72. The highest BCUT2D eigenvalue weighted by Gasteiger charge is 2.32. The van der Waals surface area contributed by atoms with E-state index in [1.807, 2.05) is 43.3 Å². The van der Waals surface area contributed by atoms with E-state index in [2.05, 4.69) is 40.4 Å². The largest absolute Gasteiger partial charge is 0.358 e. The van der Waals surface area contributed by atoms with Crippen molar-refractivity contribution >= 4 is 23.4 Å². The second kappa shape index (κ2) is 10.8. The van der Waals surface area contributed by atoms with Gasteiger partial charge in [-0.15, -0.1) is 0 Å². The van der Waals surface area contributed by atoms with Gasteiger partial charge in [0.1, 0.15) is 17.3 Å². The zero-order valence-corrected chi connectivity index (χ0v) is 21.5. The molecular formula is C26H33N11O. The summed E-state index contributed by atoms with van der Waals surface area (Å²) in [6, 6.07) is 11.7. The monoisotopic (exact) mass is 515 g/mol. The highest BCUT2D eigenvalue weighted by Crippen LogP contribution is 2.37. The molecule has 4 N–H and O–H groups in total. The number of pyridine rings is 1. The molecule has 6 heterocycles. The van der Waals surface area contributed by atoms with Crippen LogP contribution in [0.25, 0.3) is 11.4 Å². The molecule has 0 bridgehead atoms. The zero-order valence-electron chi connectivity index (χ0n) is 21.5. The SMILES string of the molecule is Cc1cc(Nc2cc(N3CCN(CCN)CC3)nc(N3CCC[C@H]3c3cc(-c4ccccn4)no3)n2)n[nH]1. The molecule has 38 heavy (non-hydrogen) atoms. The lowest BCUT2D eigenvalue weighted by Gasteiger charge is -2.35. The first-order valence-electron chi connectivity index (χ1n) is 13.2. The first kappa shape index (κ1) is 24.3. The number of H-pyrrole nitrogens is 1. The summed E-state index contributed by atoms with van der Waals surface area (Å²) in [5.41, 5.74) is 8.27. The van der Waals surface area contributed by atoms with Crippen LogP contribution in [-0.2, 0) is 0 Å². The standard InChI is InChI=1S/C26H33N11O/c1-18-15-24(33-32-18)29-23-17-25(36-13-11-35(10-7-27)12-14-36)31-26(30-23)37-9-4-6-21(37)22-16-20(34-38-22)19-5-2-3-8-28-19/h2-3,5,8,15-17,21H,4,6-7,9-14,27H2,1H3,(H2,29,30,31,32,33)/t21-/m0/s1. The smallest absolute Gasteiger partial charge is 0.229 e. The first-order valence-corrected chi connectivity index (χ1v) is 13.2. The van der Waals surface area contributed by atoms with Crippen molar-refractivity contribution in [1.29, 1.82) is 0 Å². The van der Waals surface area contributed by atoms with Crippen molar-refractivity contribution in [1.82, 2.24) is 35.2 Å². The van der Waals surface area contributed by atoms with Crippen molar-refractivity contribution < 1.29 is 4.52 Å². The molecule has 0 aromatic carbocycles. The minimum atomic E-state index is -0.00269. The summed E-state index contributed by atoms with van der Waals surface area (Å²) < 4.78 is 5.82. The summed E-state index contributed by atoms with van der Waals surface area (Å²) in [4.78, 5) is 21.3. The van der Waals surface area contributed by atoms with E-state index in [1.165, 1.54) is 0 Å². The Labute approximate surface area is 221 Å². The van der Waals surface area contributed by atoms with Gasteiger partial charge in [-0.2, -0.15) is 15.1 Å². The second-order valence-corrected chi connectivity index (χ2v) is 9.77. The fraction of sp³-hybridized carbons (Fsp3) is 0.423. The van der Waals surface area contributed by atoms with Gasteiger partial charge in [-0.25, -0.2) is 0 Å². The van der Waals surface area contributed by atoms with E-state index < -0.39 is 0 Å². The van der Waals surface area contributed by atoms with Crippen LogP contribution in [0.5, 0.6) is 0 Å². The number of hydrogen-bond donors (Lipinski definition) is 3. The van der Waals surface area contributed by atoms with E-state index in [1.54, 1.807) is 6.20 Å². The molecular weight excluding hydrogens is 482 g/mol. The number of anilines is 4. The highest BCUT2D eigenvalue weighted by molar-refractivity contribution is 5.61. The minimum Gasteiger partial charge on any atom is -0.358 e. The van der Waals surface area contributed by atoms with E-state index in [9.17, 15) is 0 Å². The van der Waals surface area contributed by atoms with Gasteiger partial charge in [-0.3, -0.25) is 15.0 Å². The Balaban J connectivity index is 1.29. The molecule has 1 atom stereocenters. The number of aromatic nitrogens is 6. The lowest BCUT2D eigenvalue weighted by Crippen LogP contribution is -2.48. The second-order valence-electron chi connectivity index (χ2n) is 9.77. The van der Waals surface area contributed by atoms with Crippen LogP contribution in [0.4, 0.5) is 23.4 Å². The van der Waals surface area contributed by atoms with E-state index in [-0.39, 0.29) is 6.04 Å². The van der Waals surface area contributed by atoms with Crippen LogP contribution in [0.15, 0.2) is 47.1 Å². The van der Waals surface area contributed by atoms with Crippen LogP contribution in [0.2, 0.25) is 0 Å². The number of aromatic amines is 1. The summed E-state index contributed by atoms with van der Waals surface area (Å²) in [7, 11) is 0. The van der Waals surface area contributed by atoms with Gasteiger partial charge in [0, 0.05) is 75.9 Å². The Morgan fingerprint density at radius 3 is 2.71 bits per heavy atom. The highest BCUT2D eigenvalue weighted by atomic mass is 16.5. The molecule has 2 aliphatic heterocycles. The number of piperazine rings is 1. The number of nitrogens with two attached hydrogens (primary N) is 1. The summed E-state index contributed by atoms with van der Waals surface area (Å²) in [6.45, 7) is 8.08. The summed E-state index contributed by atoms with van der Waals surface area (Å²) in [5.74, 6) is 3.79. The Morgan fingerprint density at radius 1 is 1.05 bits per heavy atom. The third kappa shape index (κ3) is 5.18. The summed E-state index contributed by atoms with van der Waals surface area (Å²) in [5, 5.41) is 15.0. The molecule has 0 unspecified atom stereocenters. The topological polar surface area (TPSA) is 141 Å². The zero-order chi connectivity index (χ0) is 25.9. The number of aryl methyl sites for hydroxylation is 1. The Kier molecular flexibility index (Phi) is 6.88. The summed E-state index contributed by atoms with van der Waals surface area (Å²) >= 11 is 0. The molecule has 6 rings (SSSR count). The van der Waals surface area contributed by atoms with Gasteiger partial charge in [0.15, 0.2) is 11.6 Å². The molecule has 2 saturated heterocycles. The molecule has 0 radical (unpaired) electrons. The number of nitrogens with zero attached hydrogens (tertiary/aromatic N) is 8. The fourth-order valence-corrected chi connectivity index (χ4v) is 5.16. The molecule has 12 nitrogen and oxygen atoms in total. The van der Waals surface area contributed by atoms with Crippen molar-refractivity contribution in [2.45, 2.75) is 25.8 Å². The van der Waals surface area contributed by atoms with E-state index in [4.69, 9.17) is 20.2 Å². The minimum absolute atomic E-state index is 0.00269. The van der Waals surface area contributed by atoms with Gasteiger partial charge < -0.3 is 25.4 Å². The number of nitrogens with one attached hydrogen (secondary N) is 2. The van der Waals surface area contributed by atoms with Crippen LogP contribution < -0.4 is 20.9 Å². The molecule has 0 spiro atoms. The third-order valence-corrected chi connectivity index (χ3v) is 7.10. The van der Waals surface area contributed by atoms with E-state index >= 15 is 0 Å². The van der Waals surface area contributed by atoms with E-state index in [0.717, 1.165) is 86.6 Å². The molecule has 2 aliphatic rings. The maximum atomic E-state index is 5.82. The van der Waals surface area contributed by atoms with Crippen molar-refractivity contribution in [2.24, 2.45) is 5.73 Å². The van der Waals surface area contributed by atoms with Gasteiger partial charge in [0.2, 0.25) is 5.95 Å². The molecule has 2 fully saturated rings. The van der Waals surface area contributed by atoms with Crippen molar-refractivity contribution in [3.63, 3.8) is 0 Å². The average molecular weight is 516 g/mol. The Bertz CT molecular complexity index is 1350. The molecule has 12 heteroatoms. The van der Waals surface area contributed by atoms with Crippen LogP contribution >= 0.6 is 0 Å². The first-order chi connectivity index (χ1) is 18.7. The maximum Gasteiger partial charge on any atom is 0.229 e. The van der Waals surface area contributed by atoms with E-state index in [0.29, 0.717) is 18.3 Å². The van der Waals surface area contributed by atoms with Crippen LogP contribution in [0, 0.1) is 6.92 Å². The quantitative estimate of drug-likeness (QED) is 0.319. The van der Waals surface area contributed by atoms with Crippen LogP contribution in [0.3, 0.4) is 0 Å². The van der Waals surface area contributed by atoms with Crippen molar-refractivity contribution in [2.75, 3.05) is 60.9 Å². The fourth-order valence-electron chi connectivity index (χ4n) is 5.16. The Hall–Kier alpha value is -4.03. The molecule has 198 valence electrons. The molecule has 4 aromatic rings. The maximum absolute atomic E-state index is 5.82. The van der Waals surface area contributed by atoms with Crippen molar-refractivity contribution in [3.05, 3.63) is 54.0 Å². The van der Waals surface area contributed by atoms with Gasteiger partial charge in [0.25, 0.3) is 0 Å². The number of rotatable bonds is 8. The summed E-state index contributed by atoms with van der Waals surface area (Å²) in [6.07, 6.45) is 3.70. The third-order valence-electron chi connectivity index (χ3n) is 7.10. The molecule has 4 aromatic heterocycles. The van der Waals surface area contributed by atoms with Crippen LogP contribution in [-0.4, -0.2) is 81.0 Å². The van der Waals surface area contributed by atoms with Crippen LogP contribution in [0.1, 0.15) is 30.3 Å². The molecule has 0 aliphatic carbocycles. The van der Waals surface area contributed by atoms with Crippen molar-refractivity contribution in [3.8, 4) is 11.4 Å². The normalized spacial score (nSPS) is 18.3. The average Bonchev–Trinajstić information content (AvgIpc) is 3.71. The predicted molar refractivity (Wildman–Crippen MR) is 145 cm³/mol. The molecule has 0 amide bonds. The lowest BCUT2D eigenvalue weighted by atomic mass is 10.1. The van der Waals surface area contributed by atoms with Gasteiger partial charge in [-0.1, -0.05) is 11.2 Å². The number of hydrogen-bond acceptors (Lipinski definition) is 11. The lowest BCUT2D eigenvalue weighted by molar-refractivity contribution is 0.264. The van der Waals surface area contributed by atoms with Gasteiger partial charge in [-0.05, 0) is 31.9 Å². The van der Waals surface area contributed by atoms with Gasteiger partial charge >= 0.3 is 0 Å². The molecule has 0 saturated carbocycles. The Morgan fingerprint density at radius 2 is 1.95 bits per heavy atom.